The molecule has 0 bridgehead atoms. The third-order valence-electron chi connectivity index (χ3n) is 3.79. The first-order valence-corrected chi connectivity index (χ1v) is 6.75. The lowest BCUT2D eigenvalue weighted by atomic mass is 9.98. The van der Waals surface area contributed by atoms with Crippen molar-refractivity contribution in [1.29, 1.82) is 0 Å². The standard InChI is InChI=1S/C14H20N2O3/c1-2-11-7-10(8-12(18)15-11)13(19)16-14(9-17)5-3-4-6-14/h7-8,17H,2-6,9H2,1H3,(H,15,18)(H,16,19). The van der Waals surface area contributed by atoms with E-state index in [-0.39, 0.29) is 18.1 Å². The number of aromatic nitrogens is 1. The molecule has 0 aliphatic heterocycles. The molecule has 2 rings (SSSR count). The summed E-state index contributed by atoms with van der Waals surface area (Å²) in [6, 6.07) is 2.99. The molecule has 5 heteroatoms. The van der Waals surface area contributed by atoms with Crippen molar-refractivity contribution in [3.8, 4) is 0 Å². The van der Waals surface area contributed by atoms with E-state index >= 15 is 0 Å². The molecule has 3 N–H and O–H groups in total. The van der Waals surface area contributed by atoms with Crippen LogP contribution in [0.1, 0.15) is 48.7 Å². The fourth-order valence-corrected chi connectivity index (χ4v) is 2.61. The van der Waals surface area contributed by atoms with Crippen LogP contribution in [0, 0.1) is 0 Å². The number of hydrogen-bond acceptors (Lipinski definition) is 3. The Hall–Kier alpha value is -1.62. The van der Waals surface area contributed by atoms with E-state index in [1.807, 2.05) is 6.92 Å². The number of hydrogen-bond donors (Lipinski definition) is 3. The zero-order chi connectivity index (χ0) is 13.9. The summed E-state index contributed by atoms with van der Waals surface area (Å²) in [5.41, 5.74) is 0.322. The van der Waals surface area contributed by atoms with E-state index in [2.05, 4.69) is 10.3 Å². The molecule has 1 aliphatic rings. The van der Waals surface area contributed by atoms with Gasteiger partial charge in [0.2, 0.25) is 5.56 Å². The lowest BCUT2D eigenvalue weighted by Crippen LogP contribution is -2.49. The zero-order valence-corrected chi connectivity index (χ0v) is 11.2. The van der Waals surface area contributed by atoms with Gasteiger partial charge in [-0.25, -0.2) is 0 Å². The van der Waals surface area contributed by atoms with Gasteiger partial charge in [-0.1, -0.05) is 19.8 Å². The number of nitrogens with one attached hydrogen (secondary N) is 2. The van der Waals surface area contributed by atoms with E-state index in [4.69, 9.17) is 0 Å². The number of aryl methyl sites for hydroxylation is 1. The third kappa shape index (κ3) is 3.04. The van der Waals surface area contributed by atoms with Crippen LogP contribution < -0.4 is 10.9 Å². The van der Waals surface area contributed by atoms with Gasteiger partial charge in [0.05, 0.1) is 12.1 Å². The molecular formula is C14H20N2O3. The van der Waals surface area contributed by atoms with Crippen LogP contribution >= 0.6 is 0 Å². The average molecular weight is 264 g/mol. The molecule has 0 spiro atoms. The Balaban J connectivity index is 2.20. The lowest BCUT2D eigenvalue weighted by Gasteiger charge is -2.28. The van der Waals surface area contributed by atoms with Gasteiger partial charge in [-0.15, -0.1) is 0 Å². The molecule has 0 saturated heterocycles. The molecule has 1 aromatic heterocycles. The number of carbonyl (C=O) groups is 1. The van der Waals surface area contributed by atoms with Gasteiger partial charge in [-0.05, 0) is 25.3 Å². The number of rotatable bonds is 4. The van der Waals surface area contributed by atoms with Gasteiger partial charge in [0, 0.05) is 17.3 Å². The van der Waals surface area contributed by atoms with Crippen LogP contribution in [0.15, 0.2) is 16.9 Å². The SMILES string of the molecule is CCc1cc(C(=O)NC2(CO)CCCC2)cc(=O)[nH]1. The Bertz CT molecular complexity index is 516. The lowest BCUT2D eigenvalue weighted by molar-refractivity contribution is 0.0838. The van der Waals surface area contributed by atoms with E-state index in [0.29, 0.717) is 12.0 Å². The molecule has 1 heterocycles. The highest BCUT2D eigenvalue weighted by Crippen LogP contribution is 2.29. The maximum absolute atomic E-state index is 12.2. The van der Waals surface area contributed by atoms with E-state index in [1.165, 1.54) is 6.07 Å². The fraction of sp³-hybridized carbons (Fsp3) is 0.571. The van der Waals surface area contributed by atoms with Gasteiger partial charge in [0.15, 0.2) is 0 Å². The molecular weight excluding hydrogens is 244 g/mol. The molecule has 1 fully saturated rings. The maximum atomic E-state index is 12.2. The minimum Gasteiger partial charge on any atom is -0.394 e. The minimum atomic E-state index is -0.508. The molecule has 19 heavy (non-hydrogen) atoms. The molecule has 0 unspecified atom stereocenters. The predicted molar refractivity (Wildman–Crippen MR) is 72.2 cm³/mol. The van der Waals surface area contributed by atoms with Gasteiger partial charge in [0.25, 0.3) is 5.91 Å². The zero-order valence-electron chi connectivity index (χ0n) is 11.2. The second-order valence-electron chi connectivity index (χ2n) is 5.21. The van der Waals surface area contributed by atoms with Gasteiger partial charge in [0.1, 0.15) is 0 Å². The summed E-state index contributed by atoms with van der Waals surface area (Å²) in [6.45, 7) is 1.86. The van der Waals surface area contributed by atoms with Gasteiger partial charge in [-0.2, -0.15) is 0 Å². The Labute approximate surface area is 112 Å². The summed E-state index contributed by atoms with van der Waals surface area (Å²) in [4.78, 5) is 26.4. The molecule has 1 aliphatic carbocycles. The van der Waals surface area contributed by atoms with Crippen LogP contribution in [0.3, 0.4) is 0 Å². The molecule has 0 radical (unpaired) electrons. The number of aromatic amines is 1. The number of amides is 1. The molecule has 1 amide bonds. The van der Waals surface area contributed by atoms with Crippen LogP contribution in [0.2, 0.25) is 0 Å². The third-order valence-corrected chi connectivity index (χ3v) is 3.79. The molecule has 1 aromatic rings. The van der Waals surface area contributed by atoms with Crippen molar-refractivity contribution in [2.24, 2.45) is 0 Å². The van der Waals surface area contributed by atoms with Crippen molar-refractivity contribution in [2.75, 3.05) is 6.61 Å². The molecule has 0 atom stereocenters. The summed E-state index contributed by atoms with van der Waals surface area (Å²) >= 11 is 0. The van der Waals surface area contributed by atoms with Crippen molar-refractivity contribution < 1.29 is 9.90 Å². The number of aliphatic hydroxyl groups is 1. The highest BCUT2D eigenvalue weighted by Gasteiger charge is 2.34. The van der Waals surface area contributed by atoms with Crippen molar-refractivity contribution in [3.63, 3.8) is 0 Å². The largest absolute Gasteiger partial charge is 0.394 e. The van der Waals surface area contributed by atoms with E-state index in [0.717, 1.165) is 31.4 Å². The smallest absolute Gasteiger partial charge is 0.252 e. The number of carbonyl (C=O) groups excluding carboxylic acids is 1. The number of pyridine rings is 1. The highest BCUT2D eigenvalue weighted by molar-refractivity contribution is 5.94. The normalized spacial score (nSPS) is 17.4. The quantitative estimate of drug-likeness (QED) is 0.758. The van der Waals surface area contributed by atoms with Crippen LogP contribution in [-0.4, -0.2) is 28.1 Å². The fourth-order valence-electron chi connectivity index (χ4n) is 2.61. The second kappa shape index (κ2) is 5.57. The Morgan fingerprint density at radius 2 is 2.11 bits per heavy atom. The van der Waals surface area contributed by atoms with E-state index in [1.54, 1.807) is 6.07 Å². The maximum Gasteiger partial charge on any atom is 0.252 e. The van der Waals surface area contributed by atoms with Crippen LogP contribution in [-0.2, 0) is 6.42 Å². The summed E-state index contributed by atoms with van der Waals surface area (Å²) in [7, 11) is 0. The first kappa shape index (κ1) is 13.8. The van der Waals surface area contributed by atoms with Gasteiger partial charge >= 0.3 is 0 Å². The summed E-state index contributed by atoms with van der Waals surface area (Å²) < 4.78 is 0. The van der Waals surface area contributed by atoms with Crippen LogP contribution in [0.25, 0.3) is 0 Å². The highest BCUT2D eigenvalue weighted by atomic mass is 16.3. The van der Waals surface area contributed by atoms with Crippen LogP contribution in [0.4, 0.5) is 0 Å². The second-order valence-corrected chi connectivity index (χ2v) is 5.21. The summed E-state index contributed by atoms with van der Waals surface area (Å²) in [5, 5.41) is 12.4. The van der Waals surface area contributed by atoms with Crippen molar-refractivity contribution in [3.05, 3.63) is 33.7 Å². The number of aliphatic hydroxyl groups excluding tert-OH is 1. The van der Waals surface area contributed by atoms with Crippen molar-refractivity contribution >= 4 is 5.91 Å². The van der Waals surface area contributed by atoms with Crippen LogP contribution in [0.5, 0.6) is 0 Å². The average Bonchev–Trinajstić information content (AvgIpc) is 2.87. The van der Waals surface area contributed by atoms with Gasteiger partial charge < -0.3 is 15.4 Å². The molecule has 1 saturated carbocycles. The Morgan fingerprint density at radius 3 is 2.68 bits per heavy atom. The van der Waals surface area contributed by atoms with Crippen molar-refractivity contribution in [2.45, 2.75) is 44.6 Å². The molecule has 5 nitrogen and oxygen atoms in total. The Morgan fingerprint density at radius 1 is 1.42 bits per heavy atom. The Kier molecular flexibility index (Phi) is 4.04. The first-order valence-electron chi connectivity index (χ1n) is 6.75. The first-order chi connectivity index (χ1) is 9.08. The van der Waals surface area contributed by atoms with Crippen molar-refractivity contribution in [1.82, 2.24) is 10.3 Å². The van der Waals surface area contributed by atoms with E-state index < -0.39 is 5.54 Å². The molecule has 104 valence electrons. The topological polar surface area (TPSA) is 82.2 Å². The summed E-state index contributed by atoms with van der Waals surface area (Å²) in [6.07, 6.45) is 4.27. The van der Waals surface area contributed by atoms with Gasteiger partial charge in [-0.3, -0.25) is 9.59 Å². The predicted octanol–water partition coefficient (Wildman–Crippen LogP) is 0.972. The minimum absolute atomic E-state index is 0.0530. The monoisotopic (exact) mass is 264 g/mol. The van der Waals surface area contributed by atoms with E-state index in [9.17, 15) is 14.7 Å². The summed E-state index contributed by atoms with van der Waals surface area (Å²) in [5.74, 6) is -0.281. The molecule has 0 aromatic carbocycles. The number of H-pyrrole nitrogens is 1.